The van der Waals surface area contributed by atoms with Crippen LogP contribution < -0.4 is 5.32 Å². The van der Waals surface area contributed by atoms with Crippen LogP contribution in [-0.4, -0.2) is 20.7 Å². The molecule has 0 bridgehead atoms. The first kappa shape index (κ1) is 13.3. The molecule has 0 radical (unpaired) electrons. The van der Waals surface area contributed by atoms with Crippen molar-refractivity contribution in [3.8, 4) is 0 Å². The van der Waals surface area contributed by atoms with Gasteiger partial charge in [-0.2, -0.15) is 5.10 Å². The minimum absolute atomic E-state index is 0.0564. The summed E-state index contributed by atoms with van der Waals surface area (Å²) in [5.74, 6) is 0.0564. The number of rotatable bonds is 5. The van der Waals surface area contributed by atoms with Crippen molar-refractivity contribution < 1.29 is 4.79 Å². The van der Waals surface area contributed by atoms with Crippen LogP contribution in [-0.2, 0) is 16.9 Å². The van der Waals surface area contributed by atoms with Gasteiger partial charge in [0.05, 0.1) is 12.1 Å². The second-order valence-electron chi connectivity index (χ2n) is 5.05. The van der Waals surface area contributed by atoms with E-state index in [0.29, 0.717) is 13.0 Å². The number of benzene rings is 1. The Kier molecular flexibility index (Phi) is 3.56. The van der Waals surface area contributed by atoms with Crippen LogP contribution in [0.1, 0.15) is 24.8 Å². The molecule has 1 aliphatic carbocycles. The number of amides is 1. The number of hydrogen-bond donors (Lipinski definition) is 1. The number of aromatic nitrogens is 3. The van der Waals surface area contributed by atoms with Crippen LogP contribution in [0.5, 0.6) is 0 Å². The second-order valence-corrected chi connectivity index (χ2v) is 5.96. The Hall–Kier alpha value is -1.69. The maximum Gasteiger partial charge on any atom is 0.222 e. The summed E-state index contributed by atoms with van der Waals surface area (Å²) in [4.78, 5) is 15.9. The maximum atomic E-state index is 12.1. The van der Waals surface area contributed by atoms with Crippen molar-refractivity contribution in [3.63, 3.8) is 0 Å². The number of hydrogen-bond acceptors (Lipinski definition) is 3. The molecule has 1 aliphatic rings. The monoisotopic (exact) mass is 334 g/mol. The minimum atomic E-state index is -0.153. The first-order valence-corrected chi connectivity index (χ1v) is 7.37. The van der Waals surface area contributed by atoms with Crippen molar-refractivity contribution in [2.45, 2.75) is 31.3 Å². The van der Waals surface area contributed by atoms with Crippen LogP contribution in [0.4, 0.5) is 0 Å². The fourth-order valence-corrected chi connectivity index (χ4v) is 2.54. The van der Waals surface area contributed by atoms with Crippen LogP contribution in [0.3, 0.4) is 0 Å². The summed E-state index contributed by atoms with van der Waals surface area (Å²) in [7, 11) is 0. The first-order chi connectivity index (χ1) is 9.68. The van der Waals surface area contributed by atoms with E-state index in [1.807, 2.05) is 12.1 Å². The maximum absolute atomic E-state index is 12.1. The first-order valence-electron chi connectivity index (χ1n) is 6.57. The lowest BCUT2D eigenvalue weighted by Gasteiger charge is -2.18. The topological polar surface area (TPSA) is 59.8 Å². The molecular formula is C14H15BrN4O. The van der Waals surface area contributed by atoms with Crippen molar-refractivity contribution in [3.05, 3.63) is 47.0 Å². The predicted molar refractivity (Wildman–Crippen MR) is 77.8 cm³/mol. The lowest BCUT2D eigenvalue weighted by atomic mass is 10.0. The molecule has 20 heavy (non-hydrogen) atoms. The standard InChI is InChI=1S/C14H15BrN4O/c15-12-3-1-11(2-4-12)14(6-7-14)18-13(20)5-8-19-10-16-9-17-19/h1-4,9-10H,5-8H2,(H,18,20). The van der Waals surface area contributed by atoms with Crippen LogP contribution in [0, 0.1) is 0 Å². The zero-order valence-electron chi connectivity index (χ0n) is 10.9. The molecule has 5 nitrogen and oxygen atoms in total. The van der Waals surface area contributed by atoms with Gasteiger partial charge in [0.2, 0.25) is 5.91 Å². The van der Waals surface area contributed by atoms with E-state index in [1.54, 1.807) is 11.0 Å². The molecule has 1 saturated carbocycles. The van der Waals surface area contributed by atoms with E-state index >= 15 is 0 Å². The molecule has 0 aliphatic heterocycles. The summed E-state index contributed by atoms with van der Waals surface area (Å²) < 4.78 is 2.72. The van der Waals surface area contributed by atoms with Gasteiger partial charge < -0.3 is 5.32 Å². The van der Waals surface area contributed by atoms with Gasteiger partial charge in [0.25, 0.3) is 0 Å². The Balaban J connectivity index is 1.59. The van der Waals surface area contributed by atoms with E-state index in [9.17, 15) is 4.79 Å². The van der Waals surface area contributed by atoms with Crippen LogP contribution >= 0.6 is 15.9 Å². The van der Waals surface area contributed by atoms with Crippen LogP contribution in [0.25, 0.3) is 0 Å². The summed E-state index contributed by atoms with van der Waals surface area (Å²) >= 11 is 3.43. The number of nitrogens with zero attached hydrogens (tertiary/aromatic N) is 3. The van der Waals surface area contributed by atoms with Gasteiger partial charge in [-0.1, -0.05) is 28.1 Å². The molecule has 1 heterocycles. The number of halogens is 1. The molecule has 1 N–H and O–H groups in total. The van der Waals surface area contributed by atoms with E-state index in [4.69, 9.17) is 0 Å². The third-order valence-electron chi connectivity index (χ3n) is 3.56. The summed E-state index contributed by atoms with van der Waals surface area (Å²) in [6.07, 6.45) is 5.52. The van der Waals surface area contributed by atoms with Gasteiger partial charge in [0, 0.05) is 10.9 Å². The highest BCUT2D eigenvalue weighted by molar-refractivity contribution is 9.10. The largest absolute Gasteiger partial charge is 0.347 e. The summed E-state index contributed by atoms with van der Waals surface area (Å²) in [6, 6.07) is 8.15. The Labute approximate surface area is 125 Å². The van der Waals surface area contributed by atoms with Crippen molar-refractivity contribution >= 4 is 21.8 Å². The zero-order chi connectivity index (χ0) is 14.0. The van der Waals surface area contributed by atoms with Gasteiger partial charge in [0.15, 0.2) is 0 Å². The number of aryl methyl sites for hydroxylation is 1. The van der Waals surface area contributed by atoms with Crippen molar-refractivity contribution in [2.24, 2.45) is 0 Å². The second kappa shape index (κ2) is 5.36. The van der Waals surface area contributed by atoms with Crippen molar-refractivity contribution in [1.82, 2.24) is 20.1 Å². The zero-order valence-corrected chi connectivity index (χ0v) is 12.5. The molecule has 0 spiro atoms. The molecule has 0 saturated heterocycles. The number of nitrogens with one attached hydrogen (secondary N) is 1. The third kappa shape index (κ3) is 2.90. The Morgan fingerprint density at radius 3 is 2.70 bits per heavy atom. The Bertz CT molecular complexity index is 590. The highest BCUT2D eigenvalue weighted by atomic mass is 79.9. The predicted octanol–water partition coefficient (Wildman–Crippen LogP) is 2.24. The number of carbonyl (C=O) groups is 1. The van der Waals surface area contributed by atoms with Crippen molar-refractivity contribution in [1.29, 1.82) is 0 Å². The molecule has 1 aromatic heterocycles. The molecule has 1 aromatic carbocycles. The normalized spacial score (nSPS) is 15.8. The van der Waals surface area contributed by atoms with Gasteiger partial charge >= 0.3 is 0 Å². The van der Waals surface area contributed by atoms with Gasteiger partial charge in [-0.05, 0) is 30.5 Å². The molecule has 3 rings (SSSR count). The van der Waals surface area contributed by atoms with Crippen LogP contribution in [0.15, 0.2) is 41.4 Å². The number of carbonyl (C=O) groups excluding carboxylic acids is 1. The van der Waals surface area contributed by atoms with Crippen LogP contribution in [0.2, 0.25) is 0 Å². The van der Waals surface area contributed by atoms with Gasteiger partial charge in [-0.15, -0.1) is 0 Å². The molecule has 0 unspecified atom stereocenters. The smallest absolute Gasteiger partial charge is 0.222 e. The van der Waals surface area contributed by atoms with E-state index in [2.05, 4.69) is 43.5 Å². The highest BCUT2D eigenvalue weighted by Crippen LogP contribution is 2.45. The average Bonchev–Trinajstić information content (AvgIpc) is 3.03. The van der Waals surface area contributed by atoms with E-state index in [0.717, 1.165) is 17.3 Å². The molecule has 2 aromatic rings. The van der Waals surface area contributed by atoms with Gasteiger partial charge in [0.1, 0.15) is 12.7 Å². The Morgan fingerprint density at radius 2 is 2.10 bits per heavy atom. The molecule has 6 heteroatoms. The van der Waals surface area contributed by atoms with Gasteiger partial charge in [-0.25, -0.2) is 4.98 Å². The average molecular weight is 335 g/mol. The minimum Gasteiger partial charge on any atom is -0.347 e. The SMILES string of the molecule is O=C(CCn1cncn1)NC1(c2ccc(Br)cc2)CC1. The third-order valence-corrected chi connectivity index (χ3v) is 4.09. The van der Waals surface area contributed by atoms with E-state index in [1.165, 1.54) is 11.9 Å². The molecule has 1 amide bonds. The Morgan fingerprint density at radius 1 is 1.35 bits per heavy atom. The fourth-order valence-electron chi connectivity index (χ4n) is 2.27. The molecule has 1 fully saturated rings. The lowest BCUT2D eigenvalue weighted by Crippen LogP contribution is -2.35. The van der Waals surface area contributed by atoms with E-state index in [-0.39, 0.29) is 11.4 Å². The molecule has 104 valence electrons. The summed E-state index contributed by atoms with van der Waals surface area (Å²) in [5, 5.41) is 7.14. The highest BCUT2D eigenvalue weighted by Gasteiger charge is 2.45. The fraction of sp³-hybridized carbons (Fsp3) is 0.357. The summed E-state index contributed by atoms with van der Waals surface area (Å²) in [6.45, 7) is 0.558. The quantitative estimate of drug-likeness (QED) is 0.912. The van der Waals surface area contributed by atoms with Crippen molar-refractivity contribution in [2.75, 3.05) is 0 Å². The van der Waals surface area contributed by atoms with E-state index < -0.39 is 0 Å². The molecular weight excluding hydrogens is 320 g/mol. The van der Waals surface area contributed by atoms with Gasteiger partial charge in [-0.3, -0.25) is 9.48 Å². The molecule has 0 atom stereocenters. The summed E-state index contributed by atoms with van der Waals surface area (Å²) in [5.41, 5.74) is 1.02. The lowest BCUT2D eigenvalue weighted by molar-refractivity contribution is -0.122.